The Morgan fingerprint density at radius 1 is 1.38 bits per heavy atom. The van der Waals surface area contributed by atoms with Gasteiger partial charge in [-0.25, -0.2) is 0 Å². The average Bonchev–Trinajstić information content (AvgIpc) is 2.60. The second kappa shape index (κ2) is 3.77. The van der Waals surface area contributed by atoms with Gasteiger partial charge in [0.25, 0.3) is 0 Å². The van der Waals surface area contributed by atoms with E-state index in [2.05, 4.69) is 5.10 Å². The van der Waals surface area contributed by atoms with Crippen LogP contribution in [0.2, 0.25) is 0 Å². The standard InChI is InChI=1S/C11H13N3O2/c1-14-11(12)9(6-13-14)8-4-3-7(16-2)5-10(8)15/h3-6,15H,12H2,1-2H3. The molecule has 0 aliphatic heterocycles. The third kappa shape index (κ3) is 1.56. The predicted octanol–water partition coefficient (Wildman–Crippen LogP) is 1.38. The summed E-state index contributed by atoms with van der Waals surface area (Å²) in [5.41, 5.74) is 7.19. The van der Waals surface area contributed by atoms with Crippen LogP contribution in [0.5, 0.6) is 11.5 Å². The molecule has 0 aliphatic carbocycles. The van der Waals surface area contributed by atoms with E-state index in [4.69, 9.17) is 10.5 Å². The number of nitrogens with two attached hydrogens (primary N) is 1. The molecule has 0 spiro atoms. The molecule has 5 nitrogen and oxygen atoms in total. The van der Waals surface area contributed by atoms with Gasteiger partial charge in [-0.2, -0.15) is 5.10 Å². The van der Waals surface area contributed by atoms with E-state index in [0.717, 1.165) is 0 Å². The van der Waals surface area contributed by atoms with E-state index in [9.17, 15) is 5.11 Å². The van der Waals surface area contributed by atoms with Crippen LogP contribution in [0.15, 0.2) is 24.4 Å². The smallest absolute Gasteiger partial charge is 0.129 e. The SMILES string of the molecule is COc1ccc(-c2cnn(C)c2N)c(O)c1. The summed E-state index contributed by atoms with van der Waals surface area (Å²) >= 11 is 0. The van der Waals surface area contributed by atoms with Crippen LogP contribution < -0.4 is 10.5 Å². The third-order valence-electron chi connectivity index (χ3n) is 2.48. The molecule has 0 radical (unpaired) electrons. The lowest BCUT2D eigenvalue weighted by atomic mass is 10.1. The van der Waals surface area contributed by atoms with E-state index in [0.29, 0.717) is 22.7 Å². The molecule has 0 aliphatic rings. The Bertz CT molecular complexity index is 520. The highest BCUT2D eigenvalue weighted by molar-refractivity contribution is 5.78. The zero-order valence-electron chi connectivity index (χ0n) is 9.14. The Hall–Kier alpha value is -2.17. The zero-order chi connectivity index (χ0) is 11.7. The first-order chi connectivity index (χ1) is 7.63. The van der Waals surface area contributed by atoms with Crippen molar-refractivity contribution in [3.63, 3.8) is 0 Å². The molecule has 1 aromatic heterocycles. The molecule has 0 atom stereocenters. The number of aromatic hydroxyl groups is 1. The number of nitrogen functional groups attached to an aromatic ring is 1. The van der Waals surface area contributed by atoms with Crippen LogP contribution >= 0.6 is 0 Å². The molecule has 5 heteroatoms. The summed E-state index contributed by atoms with van der Waals surface area (Å²) in [4.78, 5) is 0. The first-order valence-electron chi connectivity index (χ1n) is 4.78. The fraction of sp³-hybridized carbons (Fsp3) is 0.182. The van der Waals surface area contributed by atoms with Gasteiger partial charge < -0.3 is 15.6 Å². The quantitative estimate of drug-likeness (QED) is 0.800. The number of benzene rings is 1. The summed E-state index contributed by atoms with van der Waals surface area (Å²) < 4.78 is 6.56. The maximum Gasteiger partial charge on any atom is 0.129 e. The van der Waals surface area contributed by atoms with Gasteiger partial charge in [-0.15, -0.1) is 0 Å². The second-order valence-electron chi connectivity index (χ2n) is 3.45. The molecule has 0 unspecified atom stereocenters. The molecular formula is C11H13N3O2. The second-order valence-corrected chi connectivity index (χ2v) is 3.45. The molecule has 16 heavy (non-hydrogen) atoms. The number of phenolic OH excluding ortho intramolecular Hbond substituents is 1. The Balaban J connectivity index is 2.52. The highest BCUT2D eigenvalue weighted by Crippen LogP contribution is 2.34. The topological polar surface area (TPSA) is 73.3 Å². The zero-order valence-corrected chi connectivity index (χ0v) is 9.14. The van der Waals surface area contributed by atoms with Crippen molar-refractivity contribution in [2.75, 3.05) is 12.8 Å². The first-order valence-corrected chi connectivity index (χ1v) is 4.78. The van der Waals surface area contributed by atoms with Crippen molar-refractivity contribution in [2.24, 2.45) is 7.05 Å². The average molecular weight is 219 g/mol. The van der Waals surface area contributed by atoms with Gasteiger partial charge in [0.15, 0.2) is 0 Å². The fourth-order valence-electron chi connectivity index (χ4n) is 1.52. The van der Waals surface area contributed by atoms with Gasteiger partial charge in [-0.3, -0.25) is 4.68 Å². The highest BCUT2D eigenvalue weighted by Gasteiger charge is 2.11. The minimum absolute atomic E-state index is 0.124. The minimum Gasteiger partial charge on any atom is -0.507 e. The number of anilines is 1. The van der Waals surface area contributed by atoms with E-state index < -0.39 is 0 Å². The maximum absolute atomic E-state index is 9.84. The van der Waals surface area contributed by atoms with E-state index in [-0.39, 0.29) is 5.75 Å². The third-order valence-corrected chi connectivity index (χ3v) is 2.48. The van der Waals surface area contributed by atoms with Crippen molar-refractivity contribution in [3.05, 3.63) is 24.4 Å². The molecule has 3 N–H and O–H groups in total. The van der Waals surface area contributed by atoms with Crippen LogP contribution in [0.25, 0.3) is 11.1 Å². The van der Waals surface area contributed by atoms with E-state index >= 15 is 0 Å². The lowest BCUT2D eigenvalue weighted by Crippen LogP contribution is -1.98. The van der Waals surface area contributed by atoms with Crippen molar-refractivity contribution in [2.45, 2.75) is 0 Å². The van der Waals surface area contributed by atoms with Gasteiger partial charge in [0.05, 0.1) is 13.3 Å². The number of hydrogen-bond acceptors (Lipinski definition) is 4. The van der Waals surface area contributed by atoms with Crippen molar-refractivity contribution in [1.82, 2.24) is 9.78 Å². The molecule has 1 heterocycles. The monoisotopic (exact) mass is 219 g/mol. The van der Waals surface area contributed by atoms with Crippen molar-refractivity contribution in [3.8, 4) is 22.6 Å². The Morgan fingerprint density at radius 3 is 2.62 bits per heavy atom. The van der Waals surface area contributed by atoms with Gasteiger partial charge in [0, 0.05) is 24.2 Å². The summed E-state index contributed by atoms with van der Waals surface area (Å²) in [5, 5.41) is 13.9. The molecule has 2 aromatic rings. The van der Waals surface area contributed by atoms with E-state index in [1.807, 2.05) is 0 Å². The van der Waals surface area contributed by atoms with Crippen LogP contribution in [0.3, 0.4) is 0 Å². The Morgan fingerprint density at radius 2 is 2.12 bits per heavy atom. The van der Waals surface area contributed by atoms with Crippen LogP contribution in [0.1, 0.15) is 0 Å². The molecule has 0 saturated heterocycles. The molecule has 1 aromatic carbocycles. The molecule has 0 bridgehead atoms. The van der Waals surface area contributed by atoms with Gasteiger partial charge in [-0.1, -0.05) is 0 Å². The molecule has 84 valence electrons. The van der Waals surface area contributed by atoms with Gasteiger partial charge in [-0.05, 0) is 12.1 Å². The maximum atomic E-state index is 9.84. The molecule has 0 fully saturated rings. The number of phenols is 1. The number of aryl methyl sites for hydroxylation is 1. The largest absolute Gasteiger partial charge is 0.507 e. The predicted molar refractivity (Wildman–Crippen MR) is 61.3 cm³/mol. The number of ether oxygens (including phenoxy) is 1. The number of aromatic nitrogens is 2. The number of rotatable bonds is 2. The summed E-state index contributed by atoms with van der Waals surface area (Å²) in [7, 11) is 3.30. The van der Waals surface area contributed by atoms with E-state index in [1.54, 1.807) is 43.2 Å². The van der Waals surface area contributed by atoms with Crippen LogP contribution in [0, 0.1) is 0 Å². The summed E-state index contributed by atoms with van der Waals surface area (Å²) in [6.45, 7) is 0. The van der Waals surface area contributed by atoms with Gasteiger partial charge >= 0.3 is 0 Å². The molecular weight excluding hydrogens is 206 g/mol. The lowest BCUT2D eigenvalue weighted by Gasteiger charge is -2.06. The highest BCUT2D eigenvalue weighted by atomic mass is 16.5. The first kappa shape index (κ1) is 10.4. The van der Waals surface area contributed by atoms with Crippen LogP contribution in [-0.4, -0.2) is 22.0 Å². The van der Waals surface area contributed by atoms with Crippen LogP contribution in [-0.2, 0) is 7.05 Å². The van der Waals surface area contributed by atoms with Gasteiger partial charge in [0.2, 0.25) is 0 Å². The van der Waals surface area contributed by atoms with Crippen molar-refractivity contribution < 1.29 is 9.84 Å². The molecule has 2 rings (SSSR count). The fourth-order valence-corrected chi connectivity index (χ4v) is 1.52. The Labute approximate surface area is 93.1 Å². The molecule has 0 saturated carbocycles. The van der Waals surface area contributed by atoms with E-state index in [1.165, 1.54) is 0 Å². The van der Waals surface area contributed by atoms with Crippen molar-refractivity contribution in [1.29, 1.82) is 0 Å². The van der Waals surface area contributed by atoms with Gasteiger partial charge in [0.1, 0.15) is 17.3 Å². The normalized spacial score (nSPS) is 10.4. The number of methoxy groups -OCH3 is 1. The summed E-state index contributed by atoms with van der Waals surface area (Å²) in [6.07, 6.45) is 1.62. The molecule has 0 amide bonds. The Kier molecular flexibility index (Phi) is 2.44. The number of nitrogens with zero attached hydrogens (tertiary/aromatic N) is 2. The lowest BCUT2D eigenvalue weighted by molar-refractivity contribution is 0.408. The van der Waals surface area contributed by atoms with Crippen molar-refractivity contribution >= 4 is 5.82 Å². The summed E-state index contributed by atoms with van der Waals surface area (Å²) in [6, 6.07) is 5.06. The van der Waals surface area contributed by atoms with Crippen LogP contribution in [0.4, 0.5) is 5.82 Å². The minimum atomic E-state index is 0.124. The summed E-state index contributed by atoms with van der Waals surface area (Å²) in [5.74, 6) is 1.24. The number of hydrogen-bond donors (Lipinski definition) is 2.